The molecule has 0 bridgehead atoms. The van der Waals surface area contributed by atoms with Crippen LogP contribution in [0, 0.1) is 17.8 Å². The second-order valence-electron chi connectivity index (χ2n) is 18.9. The third kappa shape index (κ3) is 10.4. The van der Waals surface area contributed by atoms with Crippen molar-refractivity contribution in [1.29, 1.82) is 0 Å². The Morgan fingerprint density at radius 3 is 2.17 bits per heavy atom. The van der Waals surface area contributed by atoms with Crippen LogP contribution >= 0.6 is 0 Å². The summed E-state index contributed by atoms with van der Waals surface area (Å²) in [5.74, 6) is -4.76. The van der Waals surface area contributed by atoms with Gasteiger partial charge in [0.25, 0.3) is 5.91 Å². The molecule has 3 heterocycles. The first-order chi connectivity index (χ1) is 30.4. The molecular weight excluding hydrogens is 909 g/mol. The average Bonchev–Trinajstić information content (AvgIpc) is 4.08. The molecule has 2 aliphatic heterocycles. The molecule has 2 saturated carbocycles. The number of carbonyl (C=O) groups excluding carboxylic acids is 5. The third-order valence-electron chi connectivity index (χ3n) is 12.8. The van der Waals surface area contributed by atoms with Crippen LogP contribution in [0.2, 0.25) is 0 Å². The summed E-state index contributed by atoms with van der Waals surface area (Å²) in [7, 11) is -4.16. The molecular formula is C43H53F6N5O11S. The lowest BCUT2D eigenvalue weighted by Gasteiger charge is -2.34. The number of hydrogen-bond acceptors (Lipinski definition) is 12. The molecule has 1 aromatic carbocycles. The van der Waals surface area contributed by atoms with E-state index in [0.29, 0.717) is 53.4 Å². The number of pyridine rings is 1. The van der Waals surface area contributed by atoms with Crippen molar-refractivity contribution in [1.82, 2.24) is 25.2 Å². The Kier molecular flexibility index (Phi) is 13.4. The lowest BCUT2D eigenvalue weighted by molar-refractivity contribution is -0.247. The first-order valence-electron chi connectivity index (χ1n) is 21.3. The molecule has 4 amide bonds. The summed E-state index contributed by atoms with van der Waals surface area (Å²) in [6, 6.07) is 2.95. The zero-order valence-electron chi connectivity index (χ0n) is 37.2. The second-order valence-corrected chi connectivity index (χ2v) is 21.1. The fourth-order valence-electron chi connectivity index (χ4n) is 7.89. The van der Waals surface area contributed by atoms with E-state index in [4.69, 9.17) is 14.2 Å². The normalized spacial score (nSPS) is 27.3. The minimum Gasteiger partial charge on any atom is -0.472 e. The number of amides is 4. The zero-order valence-corrected chi connectivity index (χ0v) is 38.0. The summed E-state index contributed by atoms with van der Waals surface area (Å²) in [4.78, 5) is 74.4. The number of aromatic nitrogens is 1. The van der Waals surface area contributed by atoms with E-state index in [9.17, 15) is 58.7 Å². The highest BCUT2D eigenvalue weighted by Crippen LogP contribution is 2.48. The molecule has 364 valence electrons. The number of ether oxygens (including phenoxy) is 4. The highest BCUT2D eigenvalue weighted by molar-refractivity contribution is 7.91. The maximum atomic E-state index is 14.8. The summed E-state index contributed by atoms with van der Waals surface area (Å²) in [6.07, 6.45) is -8.12. The van der Waals surface area contributed by atoms with Crippen molar-refractivity contribution in [3.05, 3.63) is 42.6 Å². The van der Waals surface area contributed by atoms with Crippen LogP contribution in [0.25, 0.3) is 10.8 Å². The Morgan fingerprint density at radius 1 is 0.924 bits per heavy atom. The van der Waals surface area contributed by atoms with Crippen LogP contribution in [0.1, 0.15) is 93.4 Å². The van der Waals surface area contributed by atoms with E-state index in [1.807, 2.05) is 6.92 Å². The number of alkyl carbamates (subject to hydrolysis) is 1. The minimum atomic E-state index is -4.99. The smallest absolute Gasteiger partial charge is 0.472 e. The summed E-state index contributed by atoms with van der Waals surface area (Å²) in [6.45, 7) is 7.11. The Balaban J connectivity index is 1.34. The lowest BCUT2D eigenvalue weighted by atomic mass is 9.88. The van der Waals surface area contributed by atoms with Crippen LogP contribution in [-0.2, 0) is 33.9 Å². The van der Waals surface area contributed by atoms with E-state index in [-0.39, 0.29) is 47.6 Å². The summed E-state index contributed by atoms with van der Waals surface area (Å²) in [5, 5.41) is 5.33. The number of nitrogens with one attached hydrogen (secondary N) is 3. The number of carbonyl (C=O) groups is 5. The maximum absolute atomic E-state index is 14.8. The SMILES string of the molecule is C[C@@H]1CCC=C[C@@H]2C[C@@]2(C(=O)NS(=O)(=O)C2(C)CC2)NC(=O)[C@@H]2C[C@@H](Oc3ncc(OC(=O)OC(C)(C)C(F)(F)F)c4ccccc34)CN2C(=O)[C@@H](NC(=O)OC(C)(C)C(F)(F)F)[C@H](C)C1. The van der Waals surface area contributed by atoms with Gasteiger partial charge in [-0.1, -0.05) is 44.2 Å². The molecule has 0 radical (unpaired) electrons. The van der Waals surface area contributed by atoms with Gasteiger partial charge in [-0.15, -0.1) is 0 Å². The number of rotatable bonds is 9. The van der Waals surface area contributed by atoms with Crippen LogP contribution in [0.3, 0.4) is 0 Å². The van der Waals surface area contributed by atoms with Crippen LogP contribution in [0.5, 0.6) is 11.6 Å². The lowest BCUT2D eigenvalue weighted by Crippen LogP contribution is -2.59. The zero-order chi connectivity index (χ0) is 49.0. The Morgan fingerprint density at radius 2 is 1.55 bits per heavy atom. The molecule has 4 aliphatic rings. The molecule has 0 spiro atoms. The molecule has 1 aromatic heterocycles. The highest BCUT2D eigenvalue weighted by atomic mass is 32.2. The number of benzene rings is 1. The van der Waals surface area contributed by atoms with E-state index in [0.717, 1.165) is 11.1 Å². The molecule has 3 fully saturated rings. The molecule has 1 saturated heterocycles. The predicted octanol–water partition coefficient (Wildman–Crippen LogP) is 6.76. The minimum absolute atomic E-state index is 0.0110. The van der Waals surface area contributed by atoms with Crippen LogP contribution in [-0.4, -0.2) is 107 Å². The molecule has 23 heteroatoms. The molecule has 2 aliphatic carbocycles. The average molecular weight is 962 g/mol. The highest BCUT2D eigenvalue weighted by Gasteiger charge is 2.63. The van der Waals surface area contributed by atoms with Crippen molar-refractivity contribution in [2.24, 2.45) is 17.8 Å². The van der Waals surface area contributed by atoms with Gasteiger partial charge in [-0.25, -0.2) is 23.0 Å². The number of alkyl halides is 6. The number of hydrogen-bond donors (Lipinski definition) is 3. The van der Waals surface area contributed by atoms with Gasteiger partial charge in [0.2, 0.25) is 38.9 Å². The fourth-order valence-corrected chi connectivity index (χ4v) is 9.21. The van der Waals surface area contributed by atoms with E-state index < -0.39 is 110 Å². The van der Waals surface area contributed by atoms with Gasteiger partial charge in [-0.2, -0.15) is 26.3 Å². The Labute approximate surface area is 376 Å². The predicted molar refractivity (Wildman–Crippen MR) is 222 cm³/mol. The molecule has 7 atom stereocenters. The van der Waals surface area contributed by atoms with Gasteiger partial charge < -0.3 is 34.5 Å². The topological polar surface area (TPSA) is 209 Å². The van der Waals surface area contributed by atoms with Gasteiger partial charge >= 0.3 is 24.6 Å². The Hall–Kier alpha value is -5.35. The molecule has 0 unspecified atom stereocenters. The van der Waals surface area contributed by atoms with Crippen LogP contribution in [0.4, 0.5) is 35.9 Å². The van der Waals surface area contributed by atoms with Crippen molar-refractivity contribution < 1.29 is 77.7 Å². The van der Waals surface area contributed by atoms with Crippen molar-refractivity contribution in [2.75, 3.05) is 6.54 Å². The fraction of sp³-hybridized carbons (Fsp3) is 0.628. The number of nitrogens with zero attached hydrogens (tertiary/aromatic N) is 2. The molecule has 3 N–H and O–H groups in total. The standard InChI is InChI=1S/C43H53F6N5O11S/c1-23-12-8-9-13-25-20-41(25,35(57)53-66(60,61)40(7)16-17-40)52-32(55)29-19-26(22-54(29)34(56)31(24(2)18-23)51-36(58)64-38(3,4)42(44,45)46)62-33-28-15-11-10-14-27(28)30(21-50-33)63-37(59)65-39(5,6)43(47,48)49/h9-11,13-15,21,23-26,29,31H,8,12,16-20,22H2,1-7H3,(H,51,58)(H,52,55)(H,53,57)/t23-,24-,25-,26-,29+,31+,41-/m1/s1. The monoisotopic (exact) mass is 961 g/mol. The number of sulfonamides is 1. The van der Waals surface area contributed by atoms with Gasteiger partial charge in [0.05, 0.1) is 17.5 Å². The van der Waals surface area contributed by atoms with Crippen LogP contribution < -0.4 is 24.8 Å². The van der Waals surface area contributed by atoms with Crippen molar-refractivity contribution in [3.63, 3.8) is 0 Å². The van der Waals surface area contributed by atoms with E-state index in [2.05, 4.69) is 25.1 Å². The van der Waals surface area contributed by atoms with Crippen LogP contribution in [0.15, 0.2) is 42.6 Å². The van der Waals surface area contributed by atoms with Gasteiger partial charge in [0.1, 0.15) is 23.7 Å². The first-order valence-corrected chi connectivity index (χ1v) is 22.8. The van der Waals surface area contributed by atoms with Gasteiger partial charge in [0.15, 0.2) is 5.75 Å². The quantitative estimate of drug-likeness (QED) is 0.135. The second kappa shape index (κ2) is 17.7. The number of fused-ring (bicyclic) bond motifs is 3. The molecule has 16 nitrogen and oxygen atoms in total. The molecule has 66 heavy (non-hydrogen) atoms. The van der Waals surface area contributed by atoms with E-state index in [1.165, 1.54) is 25.1 Å². The van der Waals surface area contributed by atoms with E-state index in [1.54, 1.807) is 25.1 Å². The molecule has 6 rings (SSSR count). The summed E-state index contributed by atoms with van der Waals surface area (Å²) >= 11 is 0. The summed E-state index contributed by atoms with van der Waals surface area (Å²) < 4.78 is 130. The van der Waals surface area contributed by atoms with Gasteiger partial charge in [-0.3, -0.25) is 19.1 Å². The molecule has 2 aromatic rings. The third-order valence-corrected chi connectivity index (χ3v) is 14.9. The van der Waals surface area contributed by atoms with Gasteiger partial charge in [-0.05, 0) is 91.0 Å². The summed E-state index contributed by atoms with van der Waals surface area (Å²) in [5.41, 5.74) is -7.63. The van der Waals surface area contributed by atoms with Crippen molar-refractivity contribution in [3.8, 4) is 11.6 Å². The largest absolute Gasteiger partial charge is 0.514 e. The first kappa shape index (κ1) is 50.1. The van der Waals surface area contributed by atoms with Crippen molar-refractivity contribution in [2.45, 2.75) is 145 Å². The van der Waals surface area contributed by atoms with E-state index >= 15 is 0 Å². The number of allylic oxidation sites excluding steroid dienone is 1. The maximum Gasteiger partial charge on any atom is 0.514 e. The van der Waals surface area contributed by atoms with Crippen molar-refractivity contribution >= 4 is 50.8 Å². The Bertz CT molecular complexity index is 2390. The number of halogens is 6. The van der Waals surface area contributed by atoms with Gasteiger partial charge in [0, 0.05) is 23.1 Å².